The SMILES string of the molecule is CCc1ccc(S(=O)(=O)N(CCN(C)C)CC(=O)O)s1. The Morgan fingerprint density at radius 3 is 2.40 bits per heavy atom. The summed E-state index contributed by atoms with van der Waals surface area (Å²) in [4.78, 5) is 13.7. The molecular weight excluding hydrogens is 300 g/mol. The van der Waals surface area contributed by atoms with Crippen molar-refractivity contribution in [3.63, 3.8) is 0 Å². The van der Waals surface area contributed by atoms with Gasteiger partial charge in [0.15, 0.2) is 0 Å². The Kier molecular flexibility index (Phi) is 6.12. The fourth-order valence-corrected chi connectivity index (χ4v) is 4.39. The third-order valence-electron chi connectivity index (χ3n) is 2.69. The summed E-state index contributed by atoms with van der Waals surface area (Å²) in [6.07, 6.45) is 0.761. The lowest BCUT2D eigenvalue weighted by Crippen LogP contribution is -2.39. The second-order valence-electron chi connectivity index (χ2n) is 4.61. The third-order valence-corrected chi connectivity index (χ3v) is 6.23. The van der Waals surface area contributed by atoms with E-state index in [9.17, 15) is 13.2 Å². The van der Waals surface area contributed by atoms with Crippen LogP contribution in [-0.2, 0) is 21.2 Å². The van der Waals surface area contributed by atoms with Crippen molar-refractivity contribution < 1.29 is 18.3 Å². The summed E-state index contributed by atoms with van der Waals surface area (Å²) in [7, 11) is -0.114. The molecule has 0 fully saturated rings. The Labute approximate surface area is 123 Å². The van der Waals surface area contributed by atoms with Crippen LogP contribution in [0.4, 0.5) is 0 Å². The van der Waals surface area contributed by atoms with E-state index >= 15 is 0 Å². The molecule has 1 aromatic rings. The standard InChI is InChI=1S/C12H20N2O4S2/c1-4-10-5-6-12(19-10)20(17,18)14(9-11(15)16)8-7-13(2)3/h5-6H,4,7-9H2,1-3H3,(H,15,16). The third kappa shape index (κ3) is 4.55. The number of sulfonamides is 1. The number of thiophene rings is 1. The van der Waals surface area contributed by atoms with Gasteiger partial charge in [0.25, 0.3) is 10.0 Å². The average molecular weight is 320 g/mol. The van der Waals surface area contributed by atoms with Crippen molar-refractivity contribution in [3.05, 3.63) is 17.0 Å². The van der Waals surface area contributed by atoms with E-state index in [1.165, 1.54) is 11.3 Å². The highest BCUT2D eigenvalue weighted by molar-refractivity contribution is 7.91. The molecular formula is C12H20N2O4S2. The zero-order valence-corrected chi connectivity index (χ0v) is 13.5. The van der Waals surface area contributed by atoms with Crippen molar-refractivity contribution >= 4 is 27.3 Å². The van der Waals surface area contributed by atoms with Crippen LogP contribution in [0.3, 0.4) is 0 Å². The number of rotatable bonds is 8. The minimum Gasteiger partial charge on any atom is -0.480 e. The summed E-state index contributed by atoms with van der Waals surface area (Å²) in [6, 6.07) is 3.31. The second-order valence-corrected chi connectivity index (χ2v) is 7.94. The van der Waals surface area contributed by atoms with Crippen molar-refractivity contribution in [3.8, 4) is 0 Å². The first kappa shape index (κ1) is 17.1. The summed E-state index contributed by atoms with van der Waals surface area (Å²) in [5.74, 6) is -1.15. The predicted molar refractivity (Wildman–Crippen MR) is 78.6 cm³/mol. The van der Waals surface area contributed by atoms with E-state index in [1.807, 2.05) is 25.9 Å². The molecule has 0 atom stereocenters. The zero-order chi connectivity index (χ0) is 15.3. The number of hydrogen-bond acceptors (Lipinski definition) is 5. The molecule has 20 heavy (non-hydrogen) atoms. The lowest BCUT2D eigenvalue weighted by atomic mass is 10.4. The van der Waals surface area contributed by atoms with Crippen LogP contribution in [0.25, 0.3) is 0 Å². The van der Waals surface area contributed by atoms with Gasteiger partial charge in [0, 0.05) is 18.0 Å². The molecule has 0 saturated carbocycles. The van der Waals surface area contributed by atoms with Gasteiger partial charge in [0.2, 0.25) is 0 Å². The summed E-state index contributed by atoms with van der Waals surface area (Å²) < 4.78 is 26.1. The number of likely N-dealkylation sites (N-methyl/N-ethyl adjacent to an activating group) is 1. The molecule has 6 nitrogen and oxygen atoms in total. The summed E-state index contributed by atoms with van der Waals surface area (Å²) in [5.41, 5.74) is 0. The van der Waals surface area contributed by atoms with E-state index in [2.05, 4.69) is 0 Å². The molecule has 1 rings (SSSR count). The summed E-state index contributed by atoms with van der Waals surface area (Å²) >= 11 is 1.19. The van der Waals surface area contributed by atoms with Crippen LogP contribution in [0.5, 0.6) is 0 Å². The fraction of sp³-hybridized carbons (Fsp3) is 0.583. The Morgan fingerprint density at radius 2 is 1.95 bits per heavy atom. The maximum atomic E-state index is 12.5. The van der Waals surface area contributed by atoms with Crippen LogP contribution in [-0.4, -0.2) is 62.4 Å². The summed E-state index contributed by atoms with van der Waals surface area (Å²) in [5, 5.41) is 8.89. The number of carboxylic acids is 1. The molecule has 0 spiro atoms. The first-order valence-corrected chi connectivity index (χ1v) is 8.48. The van der Waals surface area contributed by atoms with Gasteiger partial charge in [-0.05, 0) is 32.6 Å². The van der Waals surface area contributed by atoms with Crippen LogP contribution in [0.2, 0.25) is 0 Å². The molecule has 0 unspecified atom stereocenters. The molecule has 114 valence electrons. The van der Waals surface area contributed by atoms with E-state index in [0.717, 1.165) is 15.6 Å². The Hall–Kier alpha value is -0.960. The fourth-order valence-electron chi connectivity index (χ4n) is 1.56. The first-order valence-electron chi connectivity index (χ1n) is 6.22. The molecule has 0 aliphatic rings. The first-order chi connectivity index (χ1) is 9.27. The van der Waals surface area contributed by atoms with Gasteiger partial charge in [-0.15, -0.1) is 11.3 Å². The maximum Gasteiger partial charge on any atom is 0.318 e. The highest BCUT2D eigenvalue weighted by Crippen LogP contribution is 2.25. The van der Waals surface area contributed by atoms with E-state index < -0.39 is 22.5 Å². The van der Waals surface area contributed by atoms with Gasteiger partial charge >= 0.3 is 5.97 Å². The molecule has 0 radical (unpaired) electrons. The average Bonchev–Trinajstić information content (AvgIpc) is 2.83. The van der Waals surface area contributed by atoms with Gasteiger partial charge in [-0.25, -0.2) is 8.42 Å². The normalized spacial score (nSPS) is 12.2. The van der Waals surface area contributed by atoms with E-state index in [1.54, 1.807) is 12.1 Å². The predicted octanol–water partition coefficient (Wildman–Crippen LogP) is 0.947. The smallest absolute Gasteiger partial charge is 0.318 e. The molecule has 0 amide bonds. The molecule has 0 aliphatic carbocycles. The number of aryl methyl sites for hydroxylation is 1. The van der Waals surface area contributed by atoms with Crippen LogP contribution >= 0.6 is 11.3 Å². The molecule has 0 aromatic carbocycles. The van der Waals surface area contributed by atoms with Crippen molar-refractivity contribution in [2.24, 2.45) is 0 Å². The summed E-state index contributed by atoms with van der Waals surface area (Å²) in [6.45, 7) is 2.05. The monoisotopic (exact) mass is 320 g/mol. The number of hydrogen-bond donors (Lipinski definition) is 1. The number of aliphatic carboxylic acids is 1. The van der Waals surface area contributed by atoms with Crippen molar-refractivity contribution in [2.75, 3.05) is 33.7 Å². The van der Waals surface area contributed by atoms with Gasteiger partial charge in [0.1, 0.15) is 10.8 Å². The maximum absolute atomic E-state index is 12.5. The van der Waals surface area contributed by atoms with Crippen LogP contribution in [0, 0.1) is 0 Å². The molecule has 1 N–H and O–H groups in total. The number of nitrogens with zero attached hydrogens (tertiary/aromatic N) is 2. The van der Waals surface area contributed by atoms with E-state index in [-0.39, 0.29) is 10.8 Å². The van der Waals surface area contributed by atoms with Gasteiger partial charge in [-0.2, -0.15) is 4.31 Å². The highest BCUT2D eigenvalue weighted by Gasteiger charge is 2.27. The molecule has 0 bridgehead atoms. The zero-order valence-electron chi connectivity index (χ0n) is 11.9. The minimum absolute atomic E-state index is 0.154. The molecule has 0 saturated heterocycles. The Morgan fingerprint density at radius 1 is 1.30 bits per heavy atom. The largest absolute Gasteiger partial charge is 0.480 e. The molecule has 8 heteroatoms. The van der Waals surface area contributed by atoms with Gasteiger partial charge in [-0.3, -0.25) is 4.79 Å². The second kappa shape index (κ2) is 7.16. The van der Waals surface area contributed by atoms with Crippen molar-refractivity contribution in [1.29, 1.82) is 0 Å². The van der Waals surface area contributed by atoms with Gasteiger partial charge < -0.3 is 10.0 Å². The number of carbonyl (C=O) groups is 1. The van der Waals surface area contributed by atoms with Crippen LogP contribution < -0.4 is 0 Å². The Balaban J connectivity index is 2.99. The van der Waals surface area contributed by atoms with Crippen LogP contribution in [0.15, 0.2) is 16.3 Å². The van der Waals surface area contributed by atoms with Gasteiger partial charge in [-0.1, -0.05) is 6.92 Å². The van der Waals surface area contributed by atoms with Gasteiger partial charge in [0.05, 0.1) is 0 Å². The topological polar surface area (TPSA) is 77.9 Å². The lowest BCUT2D eigenvalue weighted by molar-refractivity contribution is -0.137. The van der Waals surface area contributed by atoms with E-state index in [4.69, 9.17) is 5.11 Å². The molecule has 1 heterocycles. The van der Waals surface area contributed by atoms with Crippen molar-refractivity contribution in [2.45, 2.75) is 17.6 Å². The van der Waals surface area contributed by atoms with E-state index in [0.29, 0.717) is 6.54 Å². The number of carboxylic acid groups (broad SMARTS) is 1. The molecule has 0 aliphatic heterocycles. The minimum atomic E-state index is -3.74. The highest BCUT2D eigenvalue weighted by atomic mass is 32.2. The lowest BCUT2D eigenvalue weighted by Gasteiger charge is -2.21. The Bertz CT molecular complexity index is 552. The molecule has 1 aromatic heterocycles. The van der Waals surface area contributed by atoms with Crippen molar-refractivity contribution in [1.82, 2.24) is 9.21 Å². The quantitative estimate of drug-likeness (QED) is 0.771. The van der Waals surface area contributed by atoms with Crippen LogP contribution in [0.1, 0.15) is 11.8 Å².